The molecule has 0 radical (unpaired) electrons. The van der Waals surface area contributed by atoms with Gasteiger partial charge in [-0.3, -0.25) is 0 Å². The van der Waals surface area contributed by atoms with Crippen molar-refractivity contribution < 1.29 is 9.30 Å². The highest BCUT2D eigenvalue weighted by Crippen LogP contribution is 2.08. The molecule has 3 heteroatoms. The second-order valence-electron chi connectivity index (χ2n) is 6.74. The van der Waals surface area contributed by atoms with E-state index in [0.717, 1.165) is 13.2 Å². The quantitative estimate of drug-likeness (QED) is 0.291. The standard InChI is InChI=1S/C20H39N2O/c1-3-5-7-9-10-11-12-14-18-23-20-22-17-16-21(19-22)15-13-8-6-4-2/h16-17,19H,3-15,18,20H2,1-2H3/q+1. The lowest BCUT2D eigenvalue weighted by Gasteiger charge is -2.02. The van der Waals surface area contributed by atoms with Gasteiger partial charge in [-0.25, -0.2) is 9.13 Å². The molecular formula is C20H39N2O+. The van der Waals surface area contributed by atoms with E-state index in [1.165, 1.54) is 77.0 Å². The Morgan fingerprint density at radius 2 is 1.39 bits per heavy atom. The zero-order valence-corrected chi connectivity index (χ0v) is 15.6. The average molecular weight is 324 g/mol. The molecule has 134 valence electrons. The highest BCUT2D eigenvalue weighted by molar-refractivity contribution is 4.65. The first-order chi connectivity index (χ1) is 11.4. The van der Waals surface area contributed by atoms with E-state index >= 15 is 0 Å². The van der Waals surface area contributed by atoms with Gasteiger partial charge in [-0.1, -0.05) is 71.6 Å². The largest absolute Gasteiger partial charge is 0.342 e. The topological polar surface area (TPSA) is 18.0 Å². The van der Waals surface area contributed by atoms with Crippen LogP contribution in [0.3, 0.4) is 0 Å². The number of rotatable bonds is 16. The van der Waals surface area contributed by atoms with Crippen LogP contribution >= 0.6 is 0 Å². The van der Waals surface area contributed by atoms with E-state index in [2.05, 4.69) is 41.7 Å². The van der Waals surface area contributed by atoms with Crippen LogP contribution in [0.5, 0.6) is 0 Å². The molecule has 23 heavy (non-hydrogen) atoms. The summed E-state index contributed by atoms with van der Waals surface area (Å²) in [6.07, 6.45) is 22.6. The fraction of sp³-hybridized carbons (Fsp3) is 0.850. The zero-order chi connectivity index (χ0) is 16.6. The molecule has 0 atom stereocenters. The molecule has 0 unspecified atom stereocenters. The fourth-order valence-corrected chi connectivity index (χ4v) is 2.88. The van der Waals surface area contributed by atoms with Crippen molar-refractivity contribution in [1.82, 2.24) is 4.57 Å². The van der Waals surface area contributed by atoms with Crippen LogP contribution in [0.15, 0.2) is 18.7 Å². The average Bonchev–Trinajstić information content (AvgIpc) is 3.01. The number of nitrogens with zero attached hydrogens (tertiary/aromatic N) is 2. The van der Waals surface area contributed by atoms with Crippen molar-refractivity contribution in [2.45, 2.75) is 104 Å². The van der Waals surface area contributed by atoms with Crippen LogP contribution in [0.25, 0.3) is 0 Å². The minimum Gasteiger partial charge on any atom is -0.342 e. The van der Waals surface area contributed by atoms with Gasteiger partial charge in [0.2, 0.25) is 6.33 Å². The Balaban J connectivity index is 1.92. The summed E-state index contributed by atoms with van der Waals surface area (Å²) in [6, 6.07) is 0. The number of hydrogen-bond donors (Lipinski definition) is 0. The Hall–Kier alpha value is -0.830. The first-order valence-corrected chi connectivity index (χ1v) is 9.99. The van der Waals surface area contributed by atoms with Crippen molar-refractivity contribution in [3.63, 3.8) is 0 Å². The molecule has 0 aliphatic rings. The highest BCUT2D eigenvalue weighted by Gasteiger charge is 2.03. The van der Waals surface area contributed by atoms with Crippen molar-refractivity contribution in [3.05, 3.63) is 18.7 Å². The van der Waals surface area contributed by atoms with Crippen molar-refractivity contribution in [2.24, 2.45) is 0 Å². The van der Waals surface area contributed by atoms with Gasteiger partial charge in [0, 0.05) is 0 Å². The van der Waals surface area contributed by atoms with Crippen molar-refractivity contribution in [3.8, 4) is 0 Å². The fourth-order valence-electron chi connectivity index (χ4n) is 2.88. The minimum absolute atomic E-state index is 0.693. The Morgan fingerprint density at radius 1 is 0.783 bits per heavy atom. The van der Waals surface area contributed by atoms with E-state index in [1.807, 2.05) is 0 Å². The van der Waals surface area contributed by atoms with Crippen LogP contribution in [-0.2, 0) is 18.0 Å². The summed E-state index contributed by atoms with van der Waals surface area (Å²) in [5.41, 5.74) is 0. The lowest BCUT2D eigenvalue weighted by molar-refractivity contribution is -0.732. The molecule has 0 bridgehead atoms. The number of aryl methyl sites for hydroxylation is 1. The van der Waals surface area contributed by atoms with Gasteiger partial charge in [-0.05, 0) is 19.3 Å². The maximum atomic E-state index is 5.77. The molecule has 0 aliphatic heterocycles. The van der Waals surface area contributed by atoms with Crippen molar-refractivity contribution in [1.29, 1.82) is 0 Å². The van der Waals surface area contributed by atoms with Crippen LogP contribution in [0, 0.1) is 0 Å². The highest BCUT2D eigenvalue weighted by atomic mass is 16.5. The number of ether oxygens (including phenoxy) is 1. The SMILES string of the molecule is CCCCCCCCCCOC[n+]1ccn(CCCCCC)c1. The van der Waals surface area contributed by atoms with Crippen molar-refractivity contribution >= 4 is 0 Å². The van der Waals surface area contributed by atoms with Gasteiger partial charge in [0.25, 0.3) is 0 Å². The van der Waals surface area contributed by atoms with Gasteiger partial charge >= 0.3 is 0 Å². The maximum absolute atomic E-state index is 5.77. The summed E-state index contributed by atoms with van der Waals surface area (Å²) >= 11 is 0. The first-order valence-electron chi connectivity index (χ1n) is 9.99. The molecule has 1 heterocycles. The van der Waals surface area contributed by atoms with Crippen LogP contribution in [-0.4, -0.2) is 11.2 Å². The molecule has 0 aliphatic carbocycles. The molecule has 0 N–H and O–H groups in total. The lowest BCUT2D eigenvalue weighted by Crippen LogP contribution is -2.32. The Labute approximate surface area is 144 Å². The van der Waals surface area contributed by atoms with Gasteiger partial charge in [-0.2, -0.15) is 0 Å². The molecule has 1 aromatic heterocycles. The molecule has 0 saturated heterocycles. The summed E-state index contributed by atoms with van der Waals surface area (Å²) in [7, 11) is 0. The van der Waals surface area contributed by atoms with E-state index in [-0.39, 0.29) is 0 Å². The predicted molar refractivity (Wildman–Crippen MR) is 97.3 cm³/mol. The summed E-state index contributed by atoms with van der Waals surface area (Å²) < 4.78 is 10.2. The van der Waals surface area contributed by atoms with Crippen LogP contribution in [0.1, 0.15) is 90.9 Å². The predicted octanol–water partition coefficient (Wildman–Crippen LogP) is 5.47. The smallest absolute Gasteiger partial charge is 0.245 e. The Bertz CT molecular complexity index is 362. The molecule has 3 nitrogen and oxygen atoms in total. The third-order valence-corrected chi connectivity index (χ3v) is 4.40. The van der Waals surface area contributed by atoms with E-state index < -0.39 is 0 Å². The van der Waals surface area contributed by atoms with Gasteiger partial charge in [0.1, 0.15) is 12.4 Å². The molecule has 0 aromatic carbocycles. The van der Waals surface area contributed by atoms with E-state index in [0.29, 0.717) is 6.73 Å². The normalized spacial score (nSPS) is 11.2. The molecule has 0 spiro atoms. The molecule has 0 saturated carbocycles. The van der Waals surface area contributed by atoms with Gasteiger partial charge in [0.05, 0.1) is 13.2 Å². The third-order valence-electron chi connectivity index (χ3n) is 4.40. The lowest BCUT2D eigenvalue weighted by atomic mass is 10.1. The van der Waals surface area contributed by atoms with E-state index in [9.17, 15) is 0 Å². The third kappa shape index (κ3) is 11.4. The summed E-state index contributed by atoms with van der Waals surface area (Å²) in [5, 5.41) is 0. The molecule has 1 aromatic rings. The number of imidazole rings is 1. The van der Waals surface area contributed by atoms with Gasteiger partial charge in [0.15, 0.2) is 6.73 Å². The van der Waals surface area contributed by atoms with E-state index in [1.54, 1.807) is 0 Å². The minimum atomic E-state index is 0.693. The first kappa shape index (κ1) is 20.2. The van der Waals surface area contributed by atoms with Crippen LogP contribution in [0.2, 0.25) is 0 Å². The van der Waals surface area contributed by atoms with E-state index in [4.69, 9.17) is 4.74 Å². The Kier molecular flexibility index (Phi) is 13.0. The molecule has 1 rings (SSSR count). The zero-order valence-electron chi connectivity index (χ0n) is 15.6. The number of aromatic nitrogens is 2. The molecule has 0 fully saturated rings. The monoisotopic (exact) mass is 323 g/mol. The molecular weight excluding hydrogens is 284 g/mol. The second-order valence-corrected chi connectivity index (χ2v) is 6.74. The van der Waals surface area contributed by atoms with Gasteiger partial charge in [-0.15, -0.1) is 0 Å². The summed E-state index contributed by atoms with van der Waals surface area (Å²) in [6.45, 7) is 7.25. The number of unbranched alkanes of at least 4 members (excludes halogenated alkanes) is 10. The van der Waals surface area contributed by atoms with Crippen molar-refractivity contribution in [2.75, 3.05) is 6.61 Å². The summed E-state index contributed by atoms with van der Waals surface area (Å²) in [4.78, 5) is 0. The van der Waals surface area contributed by atoms with Gasteiger partial charge < -0.3 is 4.74 Å². The Morgan fingerprint density at radius 3 is 2.09 bits per heavy atom. The summed E-state index contributed by atoms with van der Waals surface area (Å²) in [5.74, 6) is 0. The van der Waals surface area contributed by atoms with Crippen LogP contribution < -0.4 is 4.57 Å². The molecule has 0 amide bonds. The number of hydrogen-bond acceptors (Lipinski definition) is 1. The second kappa shape index (κ2) is 14.7. The maximum Gasteiger partial charge on any atom is 0.245 e. The van der Waals surface area contributed by atoms with Crippen LogP contribution in [0.4, 0.5) is 0 Å².